The maximum absolute atomic E-state index is 12.0. The monoisotopic (exact) mass is 403 g/mol. The van der Waals surface area contributed by atoms with Crippen LogP contribution in [0.25, 0.3) is 5.69 Å². The molecule has 0 unspecified atom stereocenters. The second kappa shape index (κ2) is 9.17. The Balaban J connectivity index is 1.67. The number of carbonyl (C=O) groups excluding carboxylic acids is 2. The van der Waals surface area contributed by atoms with Gasteiger partial charge in [0.25, 0.3) is 0 Å². The molecule has 30 heavy (non-hydrogen) atoms. The predicted molar refractivity (Wildman–Crippen MR) is 117 cm³/mol. The number of benzene rings is 1. The van der Waals surface area contributed by atoms with Crippen molar-refractivity contribution in [2.24, 2.45) is 5.10 Å². The number of nitrogens with one attached hydrogen (secondary N) is 2. The third-order valence-corrected chi connectivity index (χ3v) is 4.89. The van der Waals surface area contributed by atoms with Gasteiger partial charge in [0, 0.05) is 35.9 Å². The van der Waals surface area contributed by atoms with Crippen molar-refractivity contribution >= 4 is 18.0 Å². The lowest BCUT2D eigenvalue weighted by molar-refractivity contribution is -0.139. The molecule has 3 rings (SSSR count). The van der Waals surface area contributed by atoms with E-state index < -0.39 is 11.8 Å². The normalized spacial score (nSPS) is 10.9. The van der Waals surface area contributed by atoms with Gasteiger partial charge in [-0.2, -0.15) is 5.10 Å². The van der Waals surface area contributed by atoms with Crippen molar-refractivity contribution < 1.29 is 9.59 Å². The number of pyridine rings is 1. The summed E-state index contributed by atoms with van der Waals surface area (Å²) in [6, 6.07) is 11.8. The number of hydrogen-bond donors (Lipinski definition) is 2. The Bertz CT molecular complexity index is 1080. The van der Waals surface area contributed by atoms with Gasteiger partial charge in [-0.05, 0) is 56.5 Å². The smallest absolute Gasteiger partial charge is 0.329 e. The fourth-order valence-corrected chi connectivity index (χ4v) is 3.40. The van der Waals surface area contributed by atoms with E-state index in [1.165, 1.54) is 11.1 Å². The molecular weight excluding hydrogens is 378 g/mol. The van der Waals surface area contributed by atoms with Crippen molar-refractivity contribution in [1.82, 2.24) is 20.3 Å². The van der Waals surface area contributed by atoms with Crippen molar-refractivity contribution in [3.63, 3.8) is 0 Å². The third kappa shape index (κ3) is 4.63. The predicted octanol–water partition coefficient (Wildman–Crippen LogP) is 2.87. The van der Waals surface area contributed by atoms with Crippen LogP contribution < -0.4 is 10.7 Å². The quantitative estimate of drug-likeness (QED) is 0.390. The minimum atomic E-state index is -0.821. The van der Waals surface area contributed by atoms with Gasteiger partial charge in [0.05, 0.1) is 11.9 Å². The standard InChI is InChI=1S/C23H25N5O2/c1-15-7-5-8-16(2)21(15)28-17(3)11-20(18(28)4)14-26-27-23(30)22(29)25-13-19-9-6-10-24-12-19/h5-12,14H,13H2,1-4H3,(H,25,29)(H,27,30)/b26-14-. The Morgan fingerprint density at radius 3 is 2.47 bits per heavy atom. The maximum Gasteiger partial charge on any atom is 0.329 e. The Hall–Kier alpha value is -3.74. The molecular formula is C23H25N5O2. The van der Waals surface area contributed by atoms with E-state index in [2.05, 4.69) is 51.4 Å². The molecule has 0 radical (unpaired) electrons. The van der Waals surface area contributed by atoms with Gasteiger partial charge in [-0.1, -0.05) is 24.3 Å². The highest BCUT2D eigenvalue weighted by molar-refractivity contribution is 6.35. The van der Waals surface area contributed by atoms with Gasteiger partial charge < -0.3 is 9.88 Å². The van der Waals surface area contributed by atoms with Crippen LogP contribution in [0.5, 0.6) is 0 Å². The van der Waals surface area contributed by atoms with Crippen LogP contribution in [0.3, 0.4) is 0 Å². The molecule has 0 atom stereocenters. The van der Waals surface area contributed by atoms with E-state index in [9.17, 15) is 9.59 Å². The highest BCUT2D eigenvalue weighted by Gasteiger charge is 2.14. The number of hydrazone groups is 1. The highest BCUT2D eigenvalue weighted by atomic mass is 16.2. The first-order chi connectivity index (χ1) is 14.4. The van der Waals surface area contributed by atoms with E-state index in [0.29, 0.717) is 0 Å². The largest absolute Gasteiger partial charge is 0.344 e. The molecule has 154 valence electrons. The molecule has 2 amide bonds. The molecule has 0 aliphatic heterocycles. The van der Waals surface area contributed by atoms with Crippen LogP contribution in [-0.2, 0) is 16.1 Å². The lowest BCUT2D eigenvalue weighted by Gasteiger charge is -2.15. The van der Waals surface area contributed by atoms with Crippen LogP contribution in [0.15, 0.2) is 53.9 Å². The van der Waals surface area contributed by atoms with Gasteiger partial charge in [0.15, 0.2) is 0 Å². The van der Waals surface area contributed by atoms with Crippen LogP contribution >= 0.6 is 0 Å². The van der Waals surface area contributed by atoms with Crippen molar-refractivity contribution in [2.45, 2.75) is 34.2 Å². The number of hydrogen-bond acceptors (Lipinski definition) is 4. The molecule has 7 nitrogen and oxygen atoms in total. The summed E-state index contributed by atoms with van der Waals surface area (Å²) >= 11 is 0. The summed E-state index contributed by atoms with van der Waals surface area (Å²) in [5.41, 5.74) is 9.52. The van der Waals surface area contributed by atoms with Crippen LogP contribution in [0.1, 0.15) is 33.6 Å². The summed E-state index contributed by atoms with van der Waals surface area (Å²) in [4.78, 5) is 27.9. The minimum absolute atomic E-state index is 0.223. The first kappa shape index (κ1) is 21.0. The summed E-state index contributed by atoms with van der Waals surface area (Å²) in [6.45, 7) is 8.42. The van der Waals surface area contributed by atoms with Crippen LogP contribution in [0, 0.1) is 27.7 Å². The SMILES string of the molecule is Cc1cccc(C)c1-n1c(C)cc(/C=N\NC(=O)C(=O)NCc2cccnc2)c1C. The molecule has 0 saturated carbocycles. The minimum Gasteiger partial charge on any atom is -0.344 e. The van der Waals surface area contributed by atoms with E-state index in [-0.39, 0.29) is 6.54 Å². The number of carbonyl (C=O) groups is 2. The van der Waals surface area contributed by atoms with Gasteiger partial charge >= 0.3 is 11.8 Å². The maximum atomic E-state index is 12.0. The second-order valence-corrected chi connectivity index (χ2v) is 7.15. The van der Waals surface area contributed by atoms with Crippen molar-refractivity contribution in [2.75, 3.05) is 0 Å². The molecule has 2 heterocycles. The van der Waals surface area contributed by atoms with Gasteiger partial charge in [0.2, 0.25) is 0 Å². The topological polar surface area (TPSA) is 88.4 Å². The fraction of sp³-hybridized carbons (Fsp3) is 0.217. The Labute approximate surface area is 175 Å². The van der Waals surface area contributed by atoms with E-state index in [1.54, 1.807) is 24.7 Å². The molecule has 7 heteroatoms. The zero-order valence-electron chi connectivity index (χ0n) is 17.6. The number of amides is 2. The molecule has 2 aromatic heterocycles. The van der Waals surface area contributed by atoms with E-state index in [0.717, 1.165) is 28.2 Å². The van der Waals surface area contributed by atoms with E-state index in [1.807, 2.05) is 32.0 Å². The lowest BCUT2D eigenvalue weighted by atomic mass is 10.1. The fourth-order valence-electron chi connectivity index (χ4n) is 3.40. The van der Waals surface area contributed by atoms with Crippen molar-refractivity contribution in [3.05, 3.63) is 82.4 Å². The number of aromatic nitrogens is 2. The van der Waals surface area contributed by atoms with Crippen LogP contribution in [0.4, 0.5) is 0 Å². The summed E-state index contributed by atoms with van der Waals surface area (Å²) in [6.07, 6.45) is 4.82. The molecule has 0 aliphatic rings. The number of para-hydroxylation sites is 1. The molecule has 0 aliphatic carbocycles. The Morgan fingerprint density at radius 2 is 1.80 bits per heavy atom. The van der Waals surface area contributed by atoms with Gasteiger partial charge in [-0.25, -0.2) is 5.43 Å². The molecule has 2 N–H and O–H groups in total. The average Bonchev–Trinajstić information content (AvgIpc) is 3.00. The average molecular weight is 403 g/mol. The van der Waals surface area contributed by atoms with E-state index in [4.69, 9.17) is 0 Å². The second-order valence-electron chi connectivity index (χ2n) is 7.15. The summed E-state index contributed by atoms with van der Waals surface area (Å²) in [5.74, 6) is -1.57. The van der Waals surface area contributed by atoms with Gasteiger partial charge in [0.1, 0.15) is 0 Å². The first-order valence-corrected chi connectivity index (χ1v) is 9.64. The lowest BCUT2D eigenvalue weighted by Crippen LogP contribution is -2.37. The highest BCUT2D eigenvalue weighted by Crippen LogP contribution is 2.25. The molecule has 1 aromatic carbocycles. The molecule has 0 bridgehead atoms. The summed E-state index contributed by atoms with van der Waals surface area (Å²) < 4.78 is 2.18. The molecule has 3 aromatic rings. The summed E-state index contributed by atoms with van der Waals surface area (Å²) in [5, 5.41) is 6.50. The van der Waals surface area contributed by atoms with Crippen LogP contribution in [0.2, 0.25) is 0 Å². The Morgan fingerprint density at radius 1 is 1.07 bits per heavy atom. The number of rotatable bonds is 5. The zero-order chi connectivity index (χ0) is 21.7. The molecule has 0 saturated heterocycles. The molecule has 0 spiro atoms. The Kier molecular flexibility index (Phi) is 6.41. The number of aryl methyl sites for hydroxylation is 3. The zero-order valence-corrected chi connectivity index (χ0v) is 17.6. The third-order valence-electron chi connectivity index (χ3n) is 4.89. The van der Waals surface area contributed by atoms with Crippen LogP contribution in [-0.4, -0.2) is 27.6 Å². The van der Waals surface area contributed by atoms with Crippen molar-refractivity contribution in [3.8, 4) is 5.69 Å². The summed E-state index contributed by atoms with van der Waals surface area (Å²) in [7, 11) is 0. The van der Waals surface area contributed by atoms with E-state index >= 15 is 0 Å². The van der Waals surface area contributed by atoms with Gasteiger partial charge in [-0.15, -0.1) is 0 Å². The van der Waals surface area contributed by atoms with Crippen molar-refractivity contribution in [1.29, 1.82) is 0 Å². The number of nitrogens with zero attached hydrogens (tertiary/aromatic N) is 3. The van der Waals surface area contributed by atoms with Gasteiger partial charge in [-0.3, -0.25) is 14.6 Å². The molecule has 0 fully saturated rings. The first-order valence-electron chi connectivity index (χ1n) is 9.64.